The molecule has 0 aliphatic carbocycles. The monoisotopic (exact) mass is 308 g/mol. The molecule has 4 N–H and O–H groups in total. The number of rotatable bonds is 5. The van der Waals surface area contributed by atoms with E-state index in [1.165, 1.54) is 11.3 Å². The number of nitrogens with one attached hydrogen (secondary N) is 3. The second kappa shape index (κ2) is 6.40. The number of aromatic amines is 1. The van der Waals surface area contributed by atoms with Crippen molar-refractivity contribution >= 4 is 28.3 Å². The maximum atomic E-state index is 11.8. The standard InChI is InChI=1S/C13H16N4O3S/c1-7-8(2)21-11(10(7)12(18)19)17-13(20)15-4-3-9-5-14-6-16-9/h5-6H,3-4H2,1-2H3,(H,14,16)(H,18,19)(H2,15,17,20). The van der Waals surface area contributed by atoms with Crippen molar-refractivity contribution in [1.82, 2.24) is 15.3 Å². The number of nitrogens with zero attached hydrogens (tertiary/aromatic N) is 1. The molecule has 8 heteroatoms. The molecule has 0 fully saturated rings. The molecule has 0 aromatic carbocycles. The van der Waals surface area contributed by atoms with Crippen LogP contribution in [0.25, 0.3) is 0 Å². The van der Waals surface area contributed by atoms with E-state index in [0.29, 0.717) is 23.5 Å². The van der Waals surface area contributed by atoms with Gasteiger partial charge < -0.3 is 15.4 Å². The lowest BCUT2D eigenvalue weighted by molar-refractivity contribution is 0.0697. The van der Waals surface area contributed by atoms with Gasteiger partial charge in [0.25, 0.3) is 0 Å². The summed E-state index contributed by atoms with van der Waals surface area (Å²) in [5.74, 6) is -1.04. The Morgan fingerprint density at radius 1 is 1.43 bits per heavy atom. The number of imidazole rings is 1. The second-order valence-corrected chi connectivity index (χ2v) is 5.73. The molecule has 21 heavy (non-hydrogen) atoms. The highest BCUT2D eigenvalue weighted by atomic mass is 32.1. The average molecular weight is 308 g/mol. The number of thiophene rings is 1. The van der Waals surface area contributed by atoms with Crippen LogP contribution >= 0.6 is 11.3 Å². The van der Waals surface area contributed by atoms with Crippen LogP contribution in [-0.2, 0) is 6.42 Å². The lowest BCUT2D eigenvalue weighted by atomic mass is 10.1. The van der Waals surface area contributed by atoms with Crippen LogP contribution in [0.3, 0.4) is 0 Å². The number of carboxylic acid groups (broad SMARTS) is 1. The van der Waals surface area contributed by atoms with E-state index >= 15 is 0 Å². The summed E-state index contributed by atoms with van der Waals surface area (Å²) < 4.78 is 0. The molecule has 0 spiro atoms. The van der Waals surface area contributed by atoms with E-state index < -0.39 is 12.0 Å². The molecule has 2 aromatic heterocycles. The van der Waals surface area contributed by atoms with Crippen molar-refractivity contribution in [2.24, 2.45) is 0 Å². The number of hydrogen-bond acceptors (Lipinski definition) is 4. The van der Waals surface area contributed by atoms with Gasteiger partial charge in [-0.25, -0.2) is 14.6 Å². The Labute approximate surface area is 125 Å². The molecule has 0 radical (unpaired) electrons. The highest BCUT2D eigenvalue weighted by Crippen LogP contribution is 2.32. The van der Waals surface area contributed by atoms with Crippen LogP contribution in [0, 0.1) is 13.8 Å². The van der Waals surface area contributed by atoms with Gasteiger partial charge in [-0.3, -0.25) is 5.32 Å². The number of hydrogen-bond donors (Lipinski definition) is 4. The molecule has 0 bridgehead atoms. The van der Waals surface area contributed by atoms with E-state index in [1.807, 2.05) is 6.92 Å². The summed E-state index contributed by atoms with van der Waals surface area (Å²) in [5, 5.41) is 14.8. The van der Waals surface area contributed by atoms with Gasteiger partial charge in [0, 0.05) is 29.7 Å². The first-order valence-electron chi connectivity index (χ1n) is 6.34. The van der Waals surface area contributed by atoms with Crippen LogP contribution < -0.4 is 10.6 Å². The van der Waals surface area contributed by atoms with E-state index in [1.54, 1.807) is 19.4 Å². The third-order valence-electron chi connectivity index (χ3n) is 3.06. The fourth-order valence-electron chi connectivity index (χ4n) is 1.85. The van der Waals surface area contributed by atoms with Gasteiger partial charge in [0.2, 0.25) is 0 Å². The Morgan fingerprint density at radius 2 is 2.19 bits per heavy atom. The van der Waals surface area contributed by atoms with Crippen molar-refractivity contribution in [2.45, 2.75) is 20.3 Å². The van der Waals surface area contributed by atoms with Crippen LogP contribution in [0.1, 0.15) is 26.5 Å². The van der Waals surface area contributed by atoms with E-state index in [4.69, 9.17) is 0 Å². The molecule has 7 nitrogen and oxygen atoms in total. The number of aromatic nitrogens is 2. The van der Waals surface area contributed by atoms with E-state index in [-0.39, 0.29) is 5.56 Å². The zero-order chi connectivity index (χ0) is 15.4. The predicted octanol–water partition coefficient (Wildman–Crippen LogP) is 2.15. The van der Waals surface area contributed by atoms with Gasteiger partial charge in [0.15, 0.2) is 0 Å². The number of amides is 2. The highest BCUT2D eigenvalue weighted by Gasteiger charge is 2.20. The number of urea groups is 1. The van der Waals surface area contributed by atoms with Crippen molar-refractivity contribution in [2.75, 3.05) is 11.9 Å². The average Bonchev–Trinajstić information content (AvgIpc) is 2.99. The van der Waals surface area contributed by atoms with Gasteiger partial charge >= 0.3 is 12.0 Å². The third kappa shape index (κ3) is 3.60. The molecule has 2 amide bonds. The normalized spacial score (nSPS) is 10.4. The van der Waals surface area contributed by atoms with Gasteiger partial charge in [-0.1, -0.05) is 0 Å². The number of carboxylic acids is 1. The molecular formula is C13H16N4O3S. The van der Waals surface area contributed by atoms with Crippen LogP contribution in [0.4, 0.5) is 9.80 Å². The Bertz CT molecular complexity index is 649. The zero-order valence-corrected chi connectivity index (χ0v) is 12.5. The van der Waals surface area contributed by atoms with Crippen LogP contribution in [0.5, 0.6) is 0 Å². The Hall–Kier alpha value is -2.35. The Balaban J connectivity index is 1.93. The minimum Gasteiger partial charge on any atom is -0.478 e. The largest absolute Gasteiger partial charge is 0.478 e. The van der Waals surface area contributed by atoms with Crippen LogP contribution in [0.15, 0.2) is 12.5 Å². The van der Waals surface area contributed by atoms with Gasteiger partial charge in [0.1, 0.15) is 5.00 Å². The summed E-state index contributed by atoms with van der Waals surface area (Å²) >= 11 is 1.26. The molecule has 0 unspecified atom stereocenters. The first-order chi connectivity index (χ1) is 9.99. The molecule has 2 heterocycles. The topological polar surface area (TPSA) is 107 Å². The van der Waals surface area contributed by atoms with Crippen molar-refractivity contribution < 1.29 is 14.7 Å². The lowest BCUT2D eigenvalue weighted by Gasteiger charge is -2.06. The molecule has 2 aromatic rings. The Morgan fingerprint density at radius 3 is 2.81 bits per heavy atom. The lowest BCUT2D eigenvalue weighted by Crippen LogP contribution is -2.30. The third-order valence-corrected chi connectivity index (χ3v) is 4.18. The molecule has 0 atom stereocenters. The molecule has 2 rings (SSSR count). The first-order valence-corrected chi connectivity index (χ1v) is 7.16. The fourth-order valence-corrected chi connectivity index (χ4v) is 2.90. The van der Waals surface area contributed by atoms with E-state index in [0.717, 1.165) is 10.6 Å². The number of carbonyl (C=O) groups excluding carboxylic acids is 1. The van der Waals surface area contributed by atoms with Gasteiger partial charge in [-0.15, -0.1) is 11.3 Å². The summed E-state index contributed by atoms with van der Waals surface area (Å²) in [7, 11) is 0. The highest BCUT2D eigenvalue weighted by molar-refractivity contribution is 7.16. The first kappa shape index (κ1) is 15.0. The van der Waals surface area contributed by atoms with Crippen molar-refractivity contribution in [3.05, 3.63) is 34.2 Å². The number of anilines is 1. The van der Waals surface area contributed by atoms with Crippen molar-refractivity contribution in [3.8, 4) is 0 Å². The summed E-state index contributed by atoms with van der Waals surface area (Å²) in [6, 6.07) is -0.418. The van der Waals surface area contributed by atoms with Gasteiger partial charge in [0.05, 0.1) is 11.9 Å². The summed E-state index contributed by atoms with van der Waals surface area (Å²) in [6.45, 7) is 3.99. The smallest absolute Gasteiger partial charge is 0.338 e. The number of aryl methyl sites for hydroxylation is 1. The van der Waals surface area contributed by atoms with E-state index in [2.05, 4.69) is 20.6 Å². The van der Waals surface area contributed by atoms with Crippen LogP contribution in [-0.4, -0.2) is 33.6 Å². The summed E-state index contributed by atoms with van der Waals surface area (Å²) in [4.78, 5) is 30.7. The quantitative estimate of drug-likeness (QED) is 0.679. The Kier molecular flexibility index (Phi) is 4.59. The minimum atomic E-state index is -1.04. The molecule has 0 saturated heterocycles. The van der Waals surface area contributed by atoms with Gasteiger partial charge in [-0.05, 0) is 19.4 Å². The van der Waals surface area contributed by atoms with Gasteiger partial charge in [-0.2, -0.15) is 0 Å². The number of H-pyrrole nitrogens is 1. The summed E-state index contributed by atoms with van der Waals surface area (Å²) in [6.07, 6.45) is 3.89. The number of carbonyl (C=O) groups is 2. The zero-order valence-electron chi connectivity index (χ0n) is 11.7. The summed E-state index contributed by atoms with van der Waals surface area (Å²) in [5.41, 5.74) is 1.76. The maximum absolute atomic E-state index is 11.8. The molecule has 0 aliphatic heterocycles. The SMILES string of the molecule is Cc1sc(NC(=O)NCCc2cnc[nH]2)c(C(=O)O)c1C. The molecule has 0 saturated carbocycles. The molecular weight excluding hydrogens is 292 g/mol. The van der Waals surface area contributed by atoms with Crippen LogP contribution in [0.2, 0.25) is 0 Å². The maximum Gasteiger partial charge on any atom is 0.338 e. The van der Waals surface area contributed by atoms with Crippen molar-refractivity contribution in [1.29, 1.82) is 0 Å². The second-order valence-electron chi connectivity index (χ2n) is 4.50. The number of aromatic carboxylic acids is 1. The minimum absolute atomic E-state index is 0.154. The van der Waals surface area contributed by atoms with Crippen molar-refractivity contribution in [3.63, 3.8) is 0 Å². The molecule has 112 valence electrons. The predicted molar refractivity (Wildman–Crippen MR) is 80.1 cm³/mol. The fraction of sp³-hybridized carbons (Fsp3) is 0.308. The molecule has 0 aliphatic rings. The van der Waals surface area contributed by atoms with E-state index in [9.17, 15) is 14.7 Å².